The summed E-state index contributed by atoms with van der Waals surface area (Å²) in [6.45, 7) is 0. The van der Waals surface area contributed by atoms with E-state index >= 15 is 0 Å². The fourth-order valence-electron chi connectivity index (χ4n) is 2.79. The van der Waals surface area contributed by atoms with Gasteiger partial charge < -0.3 is 10.2 Å². The Hall–Kier alpha value is -1.92. The third-order valence-electron chi connectivity index (χ3n) is 4.06. The molecular formula is C19H20O4S2. The maximum absolute atomic E-state index is 11.4. The third-order valence-corrected chi connectivity index (χ3v) is 4.99. The van der Waals surface area contributed by atoms with Crippen molar-refractivity contribution >= 4 is 37.2 Å². The molecule has 0 bridgehead atoms. The van der Waals surface area contributed by atoms with Crippen molar-refractivity contribution in [3.63, 3.8) is 0 Å². The van der Waals surface area contributed by atoms with E-state index in [1.807, 2.05) is 12.1 Å². The highest BCUT2D eigenvalue weighted by molar-refractivity contribution is 7.99. The Morgan fingerprint density at radius 2 is 1.40 bits per heavy atom. The average Bonchev–Trinajstić information content (AvgIpc) is 2.59. The van der Waals surface area contributed by atoms with Gasteiger partial charge in [0.25, 0.3) is 0 Å². The minimum Gasteiger partial charge on any atom is -0.478 e. The fourth-order valence-corrected chi connectivity index (χ4v) is 3.49. The Bertz CT molecular complexity index is 772. The minimum atomic E-state index is -1.00. The lowest BCUT2D eigenvalue weighted by molar-refractivity contribution is 0.0684. The zero-order valence-corrected chi connectivity index (χ0v) is 15.3. The van der Waals surface area contributed by atoms with Crippen LogP contribution >= 0.6 is 25.3 Å². The molecule has 0 aliphatic heterocycles. The van der Waals surface area contributed by atoms with E-state index in [1.54, 1.807) is 36.4 Å². The summed E-state index contributed by atoms with van der Waals surface area (Å²) < 4.78 is -0.860. The summed E-state index contributed by atoms with van der Waals surface area (Å²) in [6.07, 6.45) is 2.72. The van der Waals surface area contributed by atoms with Crippen LogP contribution in [0.3, 0.4) is 0 Å². The molecule has 6 heteroatoms. The number of unbranched alkanes of at least 4 members (excludes halogenated alkanes) is 1. The number of carboxylic acids is 2. The Kier molecular flexibility index (Phi) is 6.56. The van der Waals surface area contributed by atoms with E-state index in [2.05, 4.69) is 25.3 Å². The molecule has 0 saturated carbocycles. The van der Waals surface area contributed by atoms with Crippen molar-refractivity contribution in [1.82, 2.24) is 0 Å². The number of hydrogen-bond acceptors (Lipinski definition) is 4. The van der Waals surface area contributed by atoms with Gasteiger partial charge in [0.1, 0.15) is 0 Å². The van der Waals surface area contributed by atoms with Crippen molar-refractivity contribution in [1.29, 1.82) is 0 Å². The van der Waals surface area contributed by atoms with Crippen molar-refractivity contribution in [2.75, 3.05) is 0 Å². The van der Waals surface area contributed by atoms with Crippen molar-refractivity contribution in [2.45, 2.75) is 29.8 Å². The van der Waals surface area contributed by atoms with Gasteiger partial charge in [-0.15, -0.1) is 0 Å². The van der Waals surface area contributed by atoms with Gasteiger partial charge in [-0.2, -0.15) is 25.3 Å². The van der Waals surface area contributed by atoms with Gasteiger partial charge in [0.15, 0.2) is 0 Å². The van der Waals surface area contributed by atoms with E-state index in [9.17, 15) is 19.8 Å². The van der Waals surface area contributed by atoms with Crippen molar-refractivity contribution in [2.24, 2.45) is 0 Å². The lowest BCUT2D eigenvalue weighted by Crippen LogP contribution is -2.16. The molecule has 2 aromatic carbocycles. The van der Waals surface area contributed by atoms with Crippen LogP contribution in [0.1, 0.15) is 51.1 Å². The lowest BCUT2D eigenvalue weighted by Gasteiger charge is -2.25. The Balaban J connectivity index is 2.00. The van der Waals surface area contributed by atoms with E-state index in [0.29, 0.717) is 24.0 Å². The molecule has 0 saturated heterocycles. The first-order chi connectivity index (χ1) is 11.8. The van der Waals surface area contributed by atoms with Crippen molar-refractivity contribution in [3.8, 4) is 0 Å². The number of carbonyl (C=O) groups is 2. The largest absolute Gasteiger partial charge is 0.478 e. The van der Waals surface area contributed by atoms with Crippen LogP contribution in [0.25, 0.3) is 0 Å². The van der Waals surface area contributed by atoms with Gasteiger partial charge in [0.2, 0.25) is 0 Å². The van der Waals surface area contributed by atoms with Gasteiger partial charge >= 0.3 is 11.9 Å². The van der Waals surface area contributed by atoms with Crippen LogP contribution in [0.15, 0.2) is 48.5 Å². The first kappa shape index (κ1) is 19.4. The second kappa shape index (κ2) is 8.45. The topological polar surface area (TPSA) is 74.6 Å². The Labute approximate surface area is 157 Å². The van der Waals surface area contributed by atoms with E-state index in [0.717, 1.165) is 18.4 Å². The Morgan fingerprint density at radius 1 is 0.840 bits per heavy atom. The van der Waals surface area contributed by atoms with E-state index < -0.39 is 16.0 Å². The molecule has 0 fully saturated rings. The van der Waals surface area contributed by atoms with Crippen molar-refractivity contribution in [3.05, 3.63) is 70.8 Å². The summed E-state index contributed by atoms with van der Waals surface area (Å²) in [5.41, 5.74) is 1.88. The molecule has 2 aromatic rings. The quantitative estimate of drug-likeness (QED) is 0.311. The predicted molar refractivity (Wildman–Crippen MR) is 104 cm³/mol. The average molecular weight is 376 g/mol. The number of thiol groups is 2. The normalized spacial score (nSPS) is 11.3. The number of aromatic carboxylic acids is 2. The van der Waals surface area contributed by atoms with Crippen LogP contribution in [0.4, 0.5) is 0 Å². The summed E-state index contributed by atoms with van der Waals surface area (Å²) in [5, 5.41) is 18.5. The van der Waals surface area contributed by atoms with Gasteiger partial charge in [0, 0.05) is 0 Å². The minimum absolute atomic E-state index is 0.198. The molecule has 0 amide bonds. The SMILES string of the molecule is O=C(O)c1ccccc1CCCCC(S)(S)c1ccccc1C(=O)O. The molecule has 4 nitrogen and oxygen atoms in total. The first-order valence-electron chi connectivity index (χ1n) is 7.91. The van der Waals surface area contributed by atoms with Crippen LogP contribution in [-0.4, -0.2) is 22.2 Å². The molecule has 0 heterocycles. The molecule has 0 aromatic heterocycles. The van der Waals surface area contributed by atoms with Crippen LogP contribution < -0.4 is 0 Å². The van der Waals surface area contributed by atoms with Crippen LogP contribution in [0, 0.1) is 0 Å². The number of carboxylic acid groups (broad SMARTS) is 2. The summed E-state index contributed by atoms with van der Waals surface area (Å²) in [7, 11) is 0. The number of rotatable bonds is 8. The summed E-state index contributed by atoms with van der Waals surface area (Å²) in [6, 6.07) is 13.7. The smallest absolute Gasteiger partial charge is 0.336 e. The second-order valence-electron chi connectivity index (χ2n) is 5.84. The van der Waals surface area contributed by atoms with Crippen LogP contribution in [-0.2, 0) is 10.5 Å². The highest BCUT2D eigenvalue weighted by Crippen LogP contribution is 2.39. The monoisotopic (exact) mass is 376 g/mol. The molecule has 2 rings (SSSR count). The van der Waals surface area contributed by atoms with E-state index in [-0.39, 0.29) is 5.56 Å². The molecule has 25 heavy (non-hydrogen) atoms. The molecule has 0 atom stereocenters. The third kappa shape index (κ3) is 5.03. The van der Waals surface area contributed by atoms with Crippen LogP contribution in [0.5, 0.6) is 0 Å². The molecule has 0 aliphatic rings. The highest BCUT2D eigenvalue weighted by Gasteiger charge is 2.27. The van der Waals surface area contributed by atoms with Crippen LogP contribution in [0.2, 0.25) is 0 Å². The van der Waals surface area contributed by atoms with E-state index in [1.165, 1.54) is 0 Å². The van der Waals surface area contributed by atoms with Crippen molar-refractivity contribution < 1.29 is 19.8 Å². The standard InChI is InChI=1S/C19H20O4S2/c20-17(21)14-9-2-1-7-13(14)8-5-6-12-19(24,25)16-11-4-3-10-15(16)18(22)23/h1-4,7,9-11,24-25H,5-6,8,12H2,(H,20,21)(H,22,23). The molecular weight excluding hydrogens is 356 g/mol. The lowest BCUT2D eigenvalue weighted by atomic mass is 9.97. The molecule has 2 N–H and O–H groups in total. The van der Waals surface area contributed by atoms with Gasteiger partial charge in [-0.3, -0.25) is 0 Å². The molecule has 0 radical (unpaired) electrons. The first-order valence-corrected chi connectivity index (χ1v) is 8.81. The van der Waals surface area contributed by atoms with Gasteiger partial charge in [-0.25, -0.2) is 9.59 Å². The number of benzene rings is 2. The number of aryl methyl sites for hydroxylation is 1. The fraction of sp³-hybridized carbons (Fsp3) is 0.263. The zero-order valence-electron chi connectivity index (χ0n) is 13.6. The van der Waals surface area contributed by atoms with Gasteiger partial charge in [-0.1, -0.05) is 42.8 Å². The van der Waals surface area contributed by atoms with Gasteiger partial charge in [0.05, 0.1) is 15.2 Å². The summed E-state index contributed by atoms with van der Waals surface area (Å²) in [5.74, 6) is -1.93. The second-order valence-corrected chi connectivity index (χ2v) is 7.72. The summed E-state index contributed by atoms with van der Waals surface area (Å²) >= 11 is 9.12. The molecule has 132 valence electrons. The Morgan fingerprint density at radius 3 is 2.04 bits per heavy atom. The van der Waals surface area contributed by atoms with Gasteiger partial charge in [-0.05, 0) is 42.5 Å². The molecule has 0 aliphatic carbocycles. The maximum Gasteiger partial charge on any atom is 0.336 e. The highest BCUT2D eigenvalue weighted by atomic mass is 32.2. The molecule has 0 unspecified atom stereocenters. The maximum atomic E-state index is 11.4. The number of hydrogen-bond donors (Lipinski definition) is 4. The summed E-state index contributed by atoms with van der Waals surface area (Å²) in [4.78, 5) is 22.6. The van der Waals surface area contributed by atoms with E-state index in [4.69, 9.17) is 0 Å². The molecule has 0 spiro atoms. The predicted octanol–water partition coefficient (Wildman–Crippen LogP) is 4.51. The zero-order chi connectivity index (χ0) is 18.4.